The molecule has 26 heavy (non-hydrogen) atoms. The van der Waals surface area contributed by atoms with Gasteiger partial charge in [0, 0.05) is 5.39 Å². The molecule has 0 atom stereocenters. The van der Waals surface area contributed by atoms with Gasteiger partial charge in [-0.2, -0.15) is 0 Å². The van der Waals surface area contributed by atoms with E-state index in [1.807, 2.05) is 24.3 Å². The number of hydrogen-bond acceptors (Lipinski definition) is 5. The van der Waals surface area contributed by atoms with Crippen LogP contribution in [0.5, 0.6) is 0 Å². The second-order valence-corrected chi connectivity index (χ2v) is 6.33. The van der Waals surface area contributed by atoms with Crippen molar-refractivity contribution in [3.8, 4) is 0 Å². The summed E-state index contributed by atoms with van der Waals surface area (Å²) < 4.78 is 13.5. The second-order valence-electron chi connectivity index (χ2n) is 5.36. The maximum absolute atomic E-state index is 13.5. The summed E-state index contributed by atoms with van der Waals surface area (Å²) in [5.74, 6) is -1.15. The molecule has 0 aliphatic carbocycles. The van der Waals surface area contributed by atoms with Crippen molar-refractivity contribution in [2.75, 3.05) is 5.75 Å². The van der Waals surface area contributed by atoms with Crippen molar-refractivity contribution in [1.82, 2.24) is 20.8 Å². The van der Waals surface area contributed by atoms with Gasteiger partial charge in [0.15, 0.2) is 0 Å². The molecule has 1 aromatic heterocycles. The van der Waals surface area contributed by atoms with E-state index in [9.17, 15) is 14.0 Å². The van der Waals surface area contributed by atoms with E-state index in [2.05, 4.69) is 20.8 Å². The summed E-state index contributed by atoms with van der Waals surface area (Å²) in [4.78, 5) is 32.6. The minimum atomic E-state index is -0.718. The maximum Gasteiger partial charge on any atom is 0.272 e. The highest BCUT2D eigenvalue weighted by Gasteiger charge is 2.13. The van der Waals surface area contributed by atoms with Crippen LogP contribution in [0.2, 0.25) is 0 Å². The number of nitrogens with one attached hydrogen (secondary N) is 2. The van der Waals surface area contributed by atoms with Gasteiger partial charge < -0.3 is 0 Å². The van der Waals surface area contributed by atoms with E-state index < -0.39 is 17.6 Å². The predicted octanol–water partition coefficient (Wildman–Crippen LogP) is 2.63. The normalized spacial score (nSPS) is 10.5. The SMILES string of the molecule is Cc1nc(SCC(=O)NNC(=O)c2ccccc2F)c2ccccc2n1. The molecule has 0 aliphatic heterocycles. The molecule has 0 spiro atoms. The molecule has 0 aliphatic rings. The number of thioether (sulfide) groups is 1. The van der Waals surface area contributed by atoms with E-state index in [4.69, 9.17) is 0 Å². The first-order valence-corrected chi connectivity index (χ1v) is 8.73. The van der Waals surface area contributed by atoms with Gasteiger partial charge in [0.25, 0.3) is 5.91 Å². The fraction of sp³-hybridized carbons (Fsp3) is 0.111. The van der Waals surface area contributed by atoms with Gasteiger partial charge >= 0.3 is 0 Å². The molecule has 6 nitrogen and oxygen atoms in total. The van der Waals surface area contributed by atoms with Gasteiger partial charge in [-0.05, 0) is 25.1 Å². The van der Waals surface area contributed by atoms with Crippen molar-refractivity contribution in [3.63, 3.8) is 0 Å². The molecule has 3 aromatic rings. The summed E-state index contributed by atoms with van der Waals surface area (Å²) in [7, 11) is 0. The first kappa shape index (κ1) is 17.8. The van der Waals surface area contributed by atoms with Crippen molar-refractivity contribution in [2.24, 2.45) is 0 Å². The summed E-state index contributed by atoms with van der Waals surface area (Å²) in [5.41, 5.74) is 5.13. The Kier molecular flexibility index (Phi) is 5.43. The average molecular weight is 370 g/mol. The van der Waals surface area contributed by atoms with E-state index in [1.165, 1.54) is 36.0 Å². The van der Waals surface area contributed by atoms with Gasteiger partial charge in [-0.25, -0.2) is 14.4 Å². The Hall–Kier alpha value is -3.00. The number of amides is 2. The number of aryl methyl sites for hydroxylation is 1. The summed E-state index contributed by atoms with van der Waals surface area (Å²) in [5, 5.41) is 1.54. The van der Waals surface area contributed by atoms with Gasteiger partial charge in [-0.15, -0.1) is 0 Å². The molecule has 2 amide bonds. The van der Waals surface area contributed by atoms with Gasteiger partial charge in [-0.1, -0.05) is 42.1 Å². The molecule has 0 unspecified atom stereocenters. The van der Waals surface area contributed by atoms with Crippen molar-refractivity contribution in [1.29, 1.82) is 0 Å². The largest absolute Gasteiger partial charge is 0.272 e. The van der Waals surface area contributed by atoms with E-state index in [1.54, 1.807) is 6.92 Å². The van der Waals surface area contributed by atoms with Crippen LogP contribution >= 0.6 is 11.8 Å². The molecule has 132 valence electrons. The average Bonchev–Trinajstić information content (AvgIpc) is 2.64. The number of carbonyl (C=O) groups is 2. The van der Waals surface area contributed by atoms with E-state index >= 15 is 0 Å². The number of aromatic nitrogens is 2. The number of nitrogens with zero attached hydrogens (tertiary/aromatic N) is 2. The molecule has 2 N–H and O–H groups in total. The van der Waals surface area contributed by atoms with Crippen molar-refractivity contribution in [3.05, 3.63) is 65.7 Å². The van der Waals surface area contributed by atoms with E-state index in [0.717, 1.165) is 10.9 Å². The Balaban J connectivity index is 1.60. The van der Waals surface area contributed by atoms with Crippen LogP contribution < -0.4 is 10.9 Å². The highest BCUT2D eigenvalue weighted by Crippen LogP contribution is 2.24. The number of hydrazine groups is 1. The minimum absolute atomic E-state index is 0.0397. The lowest BCUT2D eigenvalue weighted by atomic mass is 10.2. The molecule has 8 heteroatoms. The Labute approximate surface area is 153 Å². The Morgan fingerprint density at radius 1 is 1.04 bits per heavy atom. The molecule has 0 radical (unpaired) electrons. The van der Waals surface area contributed by atoms with Crippen LogP contribution in [0.1, 0.15) is 16.2 Å². The first-order valence-electron chi connectivity index (χ1n) is 7.74. The molecule has 0 saturated heterocycles. The number of fused-ring (bicyclic) bond motifs is 1. The summed E-state index contributed by atoms with van der Waals surface area (Å²) in [6.45, 7) is 1.78. The lowest BCUT2D eigenvalue weighted by Gasteiger charge is -2.09. The van der Waals surface area contributed by atoms with Crippen LogP contribution in [-0.4, -0.2) is 27.5 Å². The van der Waals surface area contributed by atoms with Gasteiger partial charge in [0.2, 0.25) is 5.91 Å². The Morgan fingerprint density at radius 3 is 2.58 bits per heavy atom. The van der Waals surface area contributed by atoms with Crippen LogP contribution in [-0.2, 0) is 4.79 Å². The number of rotatable bonds is 4. The third-order valence-electron chi connectivity index (χ3n) is 3.45. The third kappa shape index (κ3) is 4.15. The monoisotopic (exact) mass is 370 g/mol. The maximum atomic E-state index is 13.5. The topological polar surface area (TPSA) is 84.0 Å². The third-order valence-corrected chi connectivity index (χ3v) is 4.45. The Bertz CT molecular complexity index is 980. The van der Waals surface area contributed by atoms with Crippen molar-refractivity contribution in [2.45, 2.75) is 11.9 Å². The zero-order valence-electron chi connectivity index (χ0n) is 13.8. The lowest BCUT2D eigenvalue weighted by Crippen LogP contribution is -2.42. The van der Waals surface area contributed by atoms with Gasteiger partial charge in [0.05, 0.1) is 16.8 Å². The standard InChI is InChI=1S/C18H15FN4O2S/c1-11-20-15-9-5-3-7-13(15)18(21-11)26-10-16(24)22-23-17(25)12-6-2-4-8-14(12)19/h2-9H,10H2,1H3,(H,22,24)(H,23,25). The van der Waals surface area contributed by atoms with Crippen LogP contribution in [0, 0.1) is 12.7 Å². The summed E-state index contributed by atoms with van der Waals surface area (Å²) in [6.07, 6.45) is 0. The smallest absolute Gasteiger partial charge is 0.272 e. The highest BCUT2D eigenvalue weighted by molar-refractivity contribution is 8.00. The van der Waals surface area contributed by atoms with Gasteiger partial charge in [-0.3, -0.25) is 20.4 Å². The number of benzene rings is 2. The molecule has 1 heterocycles. The fourth-order valence-corrected chi connectivity index (χ4v) is 3.14. The molecule has 0 saturated carbocycles. The Morgan fingerprint density at radius 2 is 1.77 bits per heavy atom. The molecule has 0 bridgehead atoms. The van der Waals surface area contributed by atoms with E-state index in [0.29, 0.717) is 10.9 Å². The fourth-order valence-electron chi connectivity index (χ4n) is 2.28. The lowest BCUT2D eigenvalue weighted by molar-refractivity contribution is -0.119. The molecular formula is C18H15FN4O2S. The van der Waals surface area contributed by atoms with Crippen LogP contribution in [0.25, 0.3) is 10.9 Å². The minimum Gasteiger partial charge on any atom is -0.272 e. The predicted molar refractivity (Wildman–Crippen MR) is 97.0 cm³/mol. The molecule has 2 aromatic carbocycles. The van der Waals surface area contributed by atoms with Crippen molar-refractivity contribution >= 4 is 34.5 Å². The highest BCUT2D eigenvalue weighted by atomic mass is 32.2. The second kappa shape index (κ2) is 7.92. The molecular weight excluding hydrogens is 355 g/mol. The summed E-state index contributed by atoms with van der Waals surface area (Å²) >= 11 is 1.23. The zero-order chi connectivity index (χ0) is 18.5. The zero-order valence-corrected chi connectivity index (χ0v) is 14.6. The van der Waals surface area contributed by atoms with E-state index in [-0.39, 0.29) is 11.3 Å². The summed E-state index contributed by atoms with van der Waals surface area (Å²) in [6, 6.07) is 13.1. The van der Waals surface area contributed by atoms with Crippen molar-refractivity contribution < 1.29 is 14.0 Å². The first-order chi connectivity index (χ1) is 12.5. The van der Waals surface area contributed by atoms with Crippen LogP contribution in [0.3, 0.4) is 0 Å². The number of hydrogen-bond donors (Lipinski definition) is 2. The number of halogens is 1. The quantitative estimate of drug-likeness (QED) is 0.419. The molecule has 0 fully saturated rings. The molecule has 3 rings (SSSR count). The van der Waals surface area contributed by atoms with Crippen LogP contribution in [0.15, 0.2) is 53.6 Å². The van der Waals surface area contributed by atoms with Crippen LogP contribution in [0.4, 0.5) is 4.39 Å². The van der Waals surface area contributed by atoms with Gasteiger partial charge in [0.1, 0.15) is 16.7 Å². The number of carbonyl (C=O) groups excluding carboxylic acids is 2. The number of para-hydroxylation sites is 1.